The number of ether oxygens (including phenoxy) is 2. The van der Waals surface area contributed by atoms with Crippen LogP contribution in [0.4, 0.5) is 10.5 Å². The molecule has 2 heterocycles. The molecule has 0 unspecified atom stereocenters. The van der Waals surface area contributed by atoms with Gasteiger partial charge < -0.3 is 19.7 Å². The van der Waals surface area contributed by atoms with Crippen molar-refractivity contribution in [3.63, 3.8) is 0 Å². The number of carbonyl (C=O) groups excluding carboxylic acids is 2. The fourth-order valence-electron chi connectivity index (χ4n) is 3.67. The normalized spacial score (nSPS) is 22.5. The number of thioether (sulfide) groups is 1. The van der Waals surface area contributed by atoms with Crippen LogP contribution in [0.1, 0.15) is 47.0 Å². The van der Waals surface area contributed by atoms with Crippen LogP contribution in [-0.4, -0.2) is 67.1 Å². The molecular weight excluding hydrogens is 478 g/mol. The van der Waals surface area contributed by atoms with Crippen molar-refractivity contribution in [3.05, 3.63) is 24.3 Å². The van der Waals surface area contributed by atoms with Gasteiger partial charge in [0, 0.05) is 30.0 Å². The molecule has 2 saturated heterocycles. The Labute approximate surface area is 205 Å². The minimum Gasteiger partial charge on any atom is -0.494 e. The third-order valence-corrected chi connectivity index (χ3v) is 8.37. The first-order chi connectivity index (χ1) is 16.0. The summed E-state index contributed by atoms with van der Waals surface area (Å²) in [5.41, 5.74) is 0.118. The van der Waals surface area contributed by atoms with Crippen molar-refractivity contribution in [3.8, 4) is 5.75 Å². The molecule has 11 heteroatoms. The Morgan fingerprint density at radius 2 is 2.03 bits per heavy atom. The first-order valence-electron chi connectivity index (χ1n) is 11.4. The summed E-state index contributed by atoms with van der Waals surface area (Å²) in [5, 5.41) is 2.83. The molecule has 2 aliphatic rings. The Kier molecular flexibility index (Phi) is 8.51. The van der Waals surface area contributed by atoms with E-state index in [0.29, 0.717) is 17.5 Å². The Morgan fingerprint density at radius 1 is 1.26 bits per heavy atom. The molecule has 1 aromatic carbocycles. The van der Waals surface area contributed by atoms with Gasteiger partial charge in [0.05, 0.1) is 24.2 Å². The van der Waals surface area contributed by atoms with E-state index in [9.17, 15) is 18.0 Å². The maximum absolute atomic E-state index is 12.6. The van der Waals surface area contributed by atoms with Crippen molar-refractivity contribution in [2.45, 2.75) is 63.9 Å². The third-order valence-electron chi connectivity index (χ3n) is 5.16. The predicted molar refractivity (Wildman–Crippen MR) is 134 cm³/mol. The molecule has 34 heavy (non-hydrogen) atoms. The number of rotatable bonds is 8. The highest BCUT2D eigenvalue weighted by atomic mass is 32.2. The average Bonchev–Trinajstić information content (AvgIpc) is 3.17. The fraction of sp³-hybridized carbons (Fsp3) is 0.609. The lowest BCUT2D eigenvalue weighted by molar-refractivity contribution is -0.117. The van der Waals surface area contributed by atoms with Gasteiger partial charge >= 0.3 is 6.09 Å². The molecule has 2 fully saturated rings. The Balaban J connectivity index is 1.73. The minimum atomic E-state index is -3.16. The lowest BCUT2D eigenvalue weighted by Crippen LogP contribution is -2.38. The van der Waals surface area contributed by atoms with Crippen LogP contribution in [0.25, 0.3) is 0 Å². The number of fused-ring (bicyclic) bond motifs is 1. The topological polar surface area (TPSA) is 114 Å². The van der Waals surface area contributed by atoms with Crippen molar-refractivity contribution in [1.82, 2.24) is 5.32 Å². The molecule has 1 N–H and O–H groups in total. The van der Waals surface area contributed by atoms with Crippen LogP contribution in [0.15, 0.2) is 29.3 Å². The summed E-state index contributed by atoms with van der Waals surface area (Å²) in [4.78, 5) is 30.5. The van der Waals surface area contributed by atoms with Gasteiger partial charge in [-0.2, -0.15) is 4.99 Å². The van der Waals surface area contributed by atoms with E-state index in [4.69, 9.17) is 9.47 Å². The Hall–Kier alpha value is -2.27. The number of amidine groups is 1. The van der Waals surface area contributed by atoms with Gasteiger partial charge in [-0.15, -0.1) is 0 Å². The number of sulfone groups is 1. The van der Waals surface area contributed by atoms with Gasteiger partial charge in [0.1, 0.15) is 11.4 Å². The van der Waals surface area contributed by atoms with Gasteiger partial charge in [-0.25, -0.2) is 13.2 Å². The molecule has 0 spiro atoms. The van der Waals surface area contributed by atoms with Gasteiger partial charge in [-0.05, 0) is 39.3 Å². The van der Waals surface area contributed by atoms with E-state index in [0.717, 1.165) is 18.5 Å². The number of benzene rings is 1. The molecule has 2 aliphatic heterocycles. The second-order valence-corrected chi connectivity index (χ2v) is 12.7. The van der Waals surface area contributed by atoms with Crippen LogP contribution in [0, 0.1) is 0 Å². The molecule has 0 aliphatic carbocycles. The molecule has 9 nitrogen and oxygen atoms in total. The van der Waals surface area contributed by atoms with Crippen LogP contribution in [0.3, 0.4) is 0 Å². The molecular formula is C23H33N3O6S2. The zero-order chi connectivity index (χ0) is 24.9. The number of nitrogens with zero attached hydrogens (tertiary/aromatic N) is 2. The number of hydrogen-bond donors (Lipinski definition) is 1. The van der Waals surface area contributed by atoms with E-state index in [1.165, 1.54) is 11.8 Å². The van der Waals surface area contributed by atoms with Crippen LogP contribution >= 0.6 is 11.8 Å². The lowest BCUT2D eigenvalue weighted by atomic mass is 10.2. The van der Waals surface area contributed by atoms with Crippen molar-refractivity contribution in [1.29, 1.82) is 0 Å². The van der Waals surface area contributed by atoms with Gasteiger partial charge in [0.25, 0.3) is 0 Å². The highest BCUT2D eigenvalue weighted by Crippen LogP contribution is 2.41. The number of carbonyl (C=O) groups is 2. The standard InChI is InChI=1S/C23H33N3O6S2/c1-5-6-12-31-17-9-7-8-16(13-17)26-18-14-34(29,30)15-19(18)33-21(26)25-20(27)10-11-24-22(28)32-23(2,3)4/h7-9,13,18-19H,5-6,10-12,14-15H2,1-4H3,(H,24,28)/t18-,19+/m0/s1. The molecule has 3 rings (SSSR count). The summed E-state index contributed by atoms with van der Waals surface area (Å²) >= 11 is 1.31. The zero-order valence-electron chi connectivity index (χ0n) is 20.1. The van der Waals surface area contributed by atoms with E-state index in [1.54, 1.807) is 20.8 Å². The smallest absolute Gasteiger partial charge is 0.407 e. The highest BCUT2D eigenvalue weighted by Gasteiger charge is 2.49. The van der Waals surface area contributed by atoms with Crippen molar-refractivity contribution < 1.29 is 27.5 Å². The zero-order valence-corrected chi connectivity index (χ0v) is 21.7. The molecule has 2 amide bonds. The minimum absolute atomic E-state index is 0.00490. The first-order valence-corrected chi connectivity index (χ1v) is 14.1. The summed E-state index contributed by atoms with van der Waals surface area (Å²) in [6.07, 6.45) is 1.37. The monoisotopic (exact) mass is 511 g/mol. The second-order valence-electron chi connectivity index (χ2n) is 9.34. The number of hydrogen-bond acceptors (Lipinski definition) is 7. The summed E-state index contributed by atoms with van der Waals surface area (Å²) in [5.74, 6) is 0.354. The summed E-state index contributed by atoms with van der Waals surface area (Å²) in [7, 11) is -3.16. The van der Waals surface area contributed by atoms with Gasteiger partial charge in [0.2, 0.25) is 5.91 Å². The van der Waals surface area contributed by atoms with E-state index < -0.39 is 27.4 Å². The van der Waals surface area contributed by atoms with Gasteiger partial charge in [0.15, 0.2) is 15.0 Å². The van der Waals surface area contributed by atoms with E-state index in [2.05, 4.69) is 17.2 Å². The van der Waals surface area contributed by atoms with E-state index in [1.807, 2.05) is 29.2 Å². The number of amides is 2. The van der Waals surface area contributed by atoms with E-state index >= 15 is 0 Å². The van der Waals surface area contributed by atoms with Crippen molar-refractivity contribution >= 4 is 44.5 Å². The number of nitrogens with one attached hydrogen (secondary N) is 1. The second kappa shape index (κ2) is 11.0. The van der Waals surface area contributed by atoms with Crippen LogP contribution in [0.2, 0.25) is 0 Å². The number of unbranched alkanes of at least 4 members (excludes halogenated alkanes) is 1. The molecule has 0 radical (unpaired) electrons. The van der Waals surface area contributed by atoms with Crippen molar-refractivity contribution in [2.75, 3.05) is 29.6 Å². The van der Waals surface area contributed by atoms with Crippen molar-refractivity contribution in [2.24, 2.45) is 4.99 Å². The molecule has 0 bridgehead atoms. The average molecular weight is 512 g/mol. The number of aliphatic imine (C=N–C) groups is 1. The predicted octanol–water partition coefficient (Wildman–Crippen LogP) is 3.38. The fourth-order valence-corrected chi connectivity index (χ4v) is 7.60. The van der Waals surface area contributed by atoms with Gasteiger partial charge in [-0.3, -0.25) is 4.79 Å². The maximum Gasteiger partial charge on any atom is 0.407 e. The lowest BCUT2D eigenvalue weighted by Gasteiger charge is -2.25. The summed E-state index contributed by atoms with van der Waals surface area (Å²) < 4.78 is 35.5. The number of alkyl carbamates (subject to hydrolysis) is 1. The van der Waals surface area contributed by atoms with Crippen LogP contribution in [0.5, 0.6) is 5.75 Å². The summed E-state index contributed by atoms with van der Waals surface area (Å²) in [6.45, 7) is 8.06. The maximum atomic E-state index is 12.6. The SMILES string of the molecule is CCCCOc1cccc(N2C(=NC(=O)CCNC(=O)OC(C)(C)C)S[C@@H]3CS(=O)(=O)C[C@@H]32)c1. The quantitative estimate of drug-likeness (QED) is 0.529. The van der Waals surface area contributed by atoms with Crippen LogP contribution < -0.4 is 15.0 Å². The highest BCUT2D eigenvalue weighted by molar-refractivity contribution is 8.16. The molecule has 1 aromatic rings. The summed E-state index contributed by atoms with van der Waals surface area (Å²) in [6, 6.07) is 7.13. The Morgan fingerprint density at radius 3 is 2.74 bits per heavy atom. The first kappa shape index (κ1) is 26.3. The largest absolute Gasteiger partial charge is 0.494 e. The van der Waals surface area contributed by atoms with Gasteiger partial charge in [-0.1, -0.05) is 31.2 Å². The Bertz CT molecular complexity index is 1040. The molecule has 2 atom stereocenters. The van der Waals surface area contributed by atoms with Crippen LogP contribution in [-0.2, 0) is 19.4 Å². The molecule has 188 valence electrons. The third kappa shape index (κ3) is 7.36. The molecule has 0 aromatic heterocycles. The van der Waals surface area contributed by atoms with E-state index in [-0.39, 0.29) is 35.8 Å². The molecule has 0 saturated carbocycles. The number of anilines is 1.